The number of nitrogens with two attached hydrogens (primary N) is 1. The Bertz CT molecular complexity index is 412. The summed E-state index contributed by atoms with van der Waals surface area (Å²) in [5, 5.41) is 0. The quantitative estimate of drug-likeness (QED) is 0.844. The van der Waals surface area contributed by atoms with Gasteiger partial charge in [-0.25, -0.2) is 0 Å². The molecule has 5 heteroatoms. The maximum Gasteiger partial charge on any atom is 0.253 e. The highest BCUT2D eigenvalue weighted by atomic mass is 16.5. The van der Waals surface area contributed by atoms with Gasteiger partial charge in [0.2, 0.25) is 0 Å². The van der Waals surface area contributed by atoms with Crippen LogP contribution in [0.15, 0.2) is 18.2 Å². The van der Waals surface area contributed by atoms with E-state index < -0.39 is 0 Å². The van der Waals surface area contributed by atoms with Crippen molar-refractivity contribution in [2.45, 2.75) is 6.92 Å². The highest BCUT2D eigenvalue weighted by Gasteiger charge is 2.16. The van der Waals surface area contributed by atoms with Crippen LogP contribution in [0, 0.1) is 5.92 Å². The van der Waals surface area contributed by atoms with Gasteiger partial charge in [0, 0.05) is 25.2 Å². The molecule has 0 saturated carbocycles. The smallest absolute Gasteiger partial charge is 0.253 e. The Morgan fingerprint density at radius 1 is 1.26 bits per heavy atom. The van der Waals surface area contributed by atoms with Crippen molar-refractivity contribution in [2.24, 2.45) is 11.7 Å². The summed E-state index contributed by atoms with van der Waals surface area (Å²) in [7, 11) is 4.88. The lowest BCUT2D eigenvalue weighted by Crippen LogP contribution is -2.33. The second-order valence-electron chi connectivity index (χ2n) is 4.63. The van der Waals surface area contributed by atoms with Gasteiger partial charge in [-0.1, -0.05) is 6.92 Å². The van der Waals surface area contributed by atoms with E-state index in [9.17, 15) is 4.79 Å². The lowest BCUT2D eigenvalue weighted by molar-refractivity contribution is 0.0776. The lowest BCUT2D eigenvalue weighted by atomic mass is 10.1. The van der Waals surface area contributed by atoms with E-state index in [4.69, 9.17) is 15.2 Å². The van der Waals surface area contributed by atoms with Crippen molar-refractivity contribution in [1.29, 1.82) is 0 Å². The minimum absolute atomic E-state index is 0.0718. The van der Waals surface area contributed by atoms with Crippen LogP contribution in [-0.2, 0) is 0 Å². The first-order chi connectivity index (χ1) is 9.01. The summed E-state index contributed by atoms with van der Waals surface area (Å²) in [5.41, 5.74) is 6.12. The van der Waals surface area contributed by atoms with Crippen molar-refractivity contribution in [3.63, 3.8) is 0 Å². The van der Waals surface area contributed by atoms with Crippen LogP contribution in [-0.4, -0.2) is 45.2 Å². The molecule has 1 rings (SSSR count). The van der Waals surface area contributed by atoms with Crippen LogP contribution in [0.4, 0.5) is 0 Å². The average Bonchev–Trinajstić information content (AvgIpc) is 2.45. The molecule has 2 N–H and O–H groups in total. The summed E-state index contributed by atoms with van der Waals surface area (Å²) < 4.78 is 10.3. The number of methoxy groups -OCH3 is 2. The molecule has 0 aromatic heterocycles. The van der Waals surface area contributed by atoms with Gasteiger partial charge in [0.25, 0.3) is 5.91 Å². The number of hydrogen-bond donors (Lipinski definition) is 1. The topological polar surface area (TPSA) is 64.8 Å². The van der Waals surface area contributed by atoms with Gasteiger partial charge >= 0.3 is 0 Å². The van der Waals surface area contributed by atoms with Crippen LogP contribution in [0.1, 0.15) is 17.3 Å². The fraction of sp³-hybridized carbons (Fsp3) is 0.500. The number of carbonyl (C=O) groups is 1. The number of rotatable bonds is 6. The molecule has 0 aliphatic rings. The zero-order valence-corrected chi connectivity index (χ0v) is 12.0. The van der Waals surface area contributed by atoms with Crippen molar-refractivity contribution in [1.82, 2.24) is 4.90 Å². The molecular formula is C14H22N2O3. The molecule has 0 saturated heterocycles. The molecule has 0 radical (unpaired) electrons. The average molecular weight is 266 g/mol. The molecule has 5 nitrogen and oxygen atoms in total. The van der Waals surface area contributed by atoms with Gasteiger partial charge in [-0.3, -0.25) is 4.79 Å². The molecule has 1 atom stereocenters. The van der Waals surface area contributed by atoms with Crippen molar-refractivity contribution >= 4 is 5.91 Å². The molecule has 0 fully saturated rings. The summed E-state index contributed by atoms with van der Waals surface area (Å²) in [6.07, 6.45) is 0. The SMILES string of the molecule is COc1cc(OC)cc(C(=O)N(C)CC(C)CN)c1. The van der Waals surface area contributed by atoms with Crippen LogP contribution < -0.4 is 15.2 Å². The Morgan fingerprint density at radius 2 is 1.79 bits per heavy atom. The van der Waals surface area contributed by atoms with E-state index >= 15 is 0 Å². The van der Waals surface area contributed by atoms with Gasteiger partial charge in [-0.15, -0.1) is 0 Å². The lowest BCUT2D eigenvalue weighted by Gasteiger charge is -2.21. The number of amides is 1. The zero-order chi connectivity index (χ0) is 14.4. The van der Waals surface area contributed by atoms with Crippen LogP contribution in [0.5, 0.6) is 11.5 Å². The Morgan fingerprint density at radius 3 is 2.21 bits per heavy atom. The van der Waals surface area contributed by atoms with Crippen molar-refractivity contribution in [2.75, 3.05) is 34.4 Å². The van der Waals surface area contributed by atoms with E-state index in [0.717, 1.165) is 0 Å². The maximum atomic E-state index is 12.3. The molecule has 0 spiro atoms. The summed E-state index contributed by atoms with van der Waals surface area (Å²) in [4.78, 5) is 14.0. The van der Waals surface area contributed by atoms with Crippen molar-refractivity contribution in [3.05, 3.63) is 23.8 Å². The highest BCUT2D eigenvalue weighted by Crippen LogP contribution is 2.23. The maximum absolute atomic E-state index is 12.3. The highest BCUT2D eigenvalue weighted by molar-refractivity contribution is 5.95. The summed E-state index contributed by atoms with van der Waals surface area (Å²) in [5.74, 6) is 1.39. The van der Waals surface area contributed by atoms with Gasteiger partial charge in [0.05, 0.1) is 14.2 Å². The number of benzene rings is 1. The number of carbonyl (C=O) groups excluding carboxylic acids is 1. The number of nitrogens with zero attached hydrogens (tertiary/aromatic N) is 1. The largest absolute Gasteiger partial charge is 0.497 e. The molecule has 0 bridgehead atoms. The molecule has 0 aliphatic carbocycles. The molecule has 19 heavy (non-hydrogen) atoms. The van der Waals surface area contributed by atoms with Gasteiger partial charge in [0.15, 0.2) is 0 Å². The van der Waals surface area contributed by atoms with Gasteiger partial charge in [-0.05, 0) is 24.6 Å². The van der Waals surface area contributed by atoms with E-state index in [0.29, 0.717) is 30.2 Å². The second kappa shape index (κ2) is 6.99. The first kappa shape index (κ1) is 15.3. The zero-order valence-electron chi connectivity index (χ0n) is 12.0. The normalized spacial score (nSPS) is 11.8. The van der Waals surface area contributed by atoms with E-state index in [1.54, 1.807) is 44.4 Å². The molecule has 106 valence electrons. The van der Waals surface area contributed by atoms with E-state index in [1.807, 2.05) is 6.92 Å². The third-order valence-electron chi connectivity index (χ3n) is 2.93. The molecule has 1 aromatic carbocycles. The van der Waals surface area contributed by atoms with Gasteiger partial charge in [-0.2, -0.15) is 0 Å². The minimum atomic E-state index is -0.0718. The van der Waals surface area contributed by atoms with E-state index in [2.05, 4.69) is 0 Å². The Labute approximate surface area is 114 Å². The molecule has 1 unspecified atom stereocenters. The van der Waals surface area contributed by atoms with Crippen LogP contribution >= 0.6 is 0 Å². The Balaban J connectivity index is 2.92. The number of ether oxygens (including phenoxy) is 2. The fourth-order valence-electron chi connectivity index (χ4n) is 1.78. The van der Waals surface area contributed by atoms with Crippen molar-refractivity contribution in [3.8, 4) is 11.5 Å². The summed E-state index contributed by atoms with van der Waals surface area (Å²) in [6.45, 7) is 3.18. The fourth-order valence-corrected chi connectivity index (χ4v) is 1.78. The predicted octanol–water partition coefficient (Wildman–Crippen LogP) is 1.37. The van der Waals surface area contributed by atoms with Crippen LogP contribution in [0.2, 0.25) is 0 Å². The molecular weight excluding hydrogens is 244 g/mol. The predicted molar refractivity (Wildman–Crippen MR) is 74.7 cm³/mol. The Hall–Kier alpha value is -1.75. The molecule has 1 amide bonds. The monoisotopic (exact) mass is 266 g/mol. The van der Waals surface area contributed by atoms with E-state index in [1.165, 1.54) is 0 Å². The van der Waals surface area contributed by atoms with Gasteiger partial charge < -0.3 is 20.1 Å². The number of hydrogen-bond acceptors (Lipinski definition) is 4. The third-order valence-corrected chi connectivity index (χ3v) is 2.93. The molecule has 0 heterocycles. The van der Waals surface area contributed by atoms with Crippen LogP contribution in [0.25, 0.3) is 0 Å². The van der Waals surface area contributed by atoms with E-state index in [-0.39, 0.29) is 11.8 Å². The summed E-state index contributed by atoms with van der Waals surface area (Å²) in [6, 6.07) is 5.14. The standard InChI is InChI=1S/C14H22N2O3/c1-10(8-15)9-16(2)14(17)11-5-12(18-3)7-13(6-11)19-4/h5-7,10H,8-9,15H2,1-4H3. The molecule has 0 aliphatic heterocycles. The third kappa shape index (κ3) is 4.13. The van der Waals surface area contributed by atoms with Crippen LogP contribution in [0.3, 0.4) is 0 Å². The minimum Gasteiger partial charge on any atom is -0.497 e. The first-order valence-electron chi connectivity index (χ1n) is 6.20. The van der Waals surface area contributed by atoms with Gasteiger partial charge in [0.1, 0.15) is 11.5 Å². The summed E-state index contributed by atoms with van der Waals surface area (Å²) >= 11 is 0. The van der Waals surface area contributed by atoms with Crippen molar-refractivity contribution < 1.29 is 14.3 Å². The molecule has 1 aromatic rings. The first-order valence-corrected chi connectivity index (χ1v) is 6.20. The Kier molecular flexibility index (Phi) is 5.63. The second-order valence-corrected chi connectivity index (χ2v) is 4.63.